The van der Waals surface area contributed by atoms with E-state index in [1.807, 2.05) is 6.92 Å². The van der Waals surface area contributed by atoms with Crippen LogP contribution in [0.25, 0.3) is 0 Å². The van der Waals surface area contributed by atoms with Crippen LogP contribution < -0.4 is 14.8 Å². The molecule has 0 unspecified atom stereocenters. The number of aromatic hydroxyl groups is 1. The molecule has 21 heavy (non-hydrogen) atoms. The van der Waals surface area contributed by atoms with Crippen molar-refractivity contribution in [2.24, 2.45) is 0 Å². The monoisotopic (exact) mass is 287 g/mol. The lowest BCUT2D eigenvalue weighted by Crippen LogP contribution is -2.13. The van der Waals surface area contributed by atoms with Crippen LogP contribution in [0.5, 0.6) is 17.2 Å². The van der Waals surface area contributed by atoms with Crippen molar-refractivity contribution in [3.05, 3.63) is 47.5 Å². The van der Waals surface area contributed by atoms with Crippen LogP contribution in [-0.4, -0.2) is 25.2 Å². The third-order valence-corrected chi connectivity index (χ3v) is 3.05. The second-order valence-electron chi connectivity index (χ2n) is 4.54. The minimum Gasteiger partial charge on any atom is -0.506 e. The Balaban J connectivity index is 2.31. The largest absolute Gasteiger partial charge is 0.506 e. The van der Waals surface area contributed by atoms with Crippen LogP contribution in [0, 0.1) is 6.92 Å². The molecule has 5 heteroatoms. The Kier molecular flexibility index (Phi) is 4.33. The Morgan fingerprint density at radius 1 is 1.10 bits per heavy atom. The first-order valence-electron chi connectivity index (χ1n) is 6.38. The Morgan fingerprint density at radius 3 is 2.48 bits per heavy atom. The van der Waals surface area contributed by atoms with Gasteiger partial charge in [-0.3, -0.25) is 4.79 Å². The van der Waals surface area contributed by atoms with Gasteiger partial charge in [-0.1, -0.05) is 6.07 Å². The molecule has 0 saturated carbocycles. The maximum atomic E-state index is 12.3. The molecule has 0 saturated heterocycles. The van der Waals surface area contributed by atoms with Crippen LogP contribution in [0.3, 0.4) is 0 Å². The van der Waals surface area contributed by atoms with Gasteiger partial charge < -0.3 is 19.9 Å². The highest BCUT2D eigenvalue weighted by atomic mass is 16.5. The molecule has 0 aliphatic carbocycles. The number of carbonyl (C=O) groups is 1. The highest BCUT2D eigenvalue weighted by molar-refractivity contribution is 6.07. The first-order valence-corrected chi connectivity index (χ1v) is 6.38. The highest BCUT2D eigenvalue weighted by Crippen LogP contribution is 2.28. The van der Waals surface area contributed by atoms with E-state index in [1.165, 1.54) is 14.2 Å². The number of carbonyl (C=O) groups excluding carboxylic acids is 1. The predicted octanol–water partition coefficient (Wildman–Crippen LogP) is 2.97. The average Bonchev–Trinajstić information content (AvgIpc) is 2.49. The summed E-state index contributed by atoms with van der Waals surface area (Å²) in [7, 11) is 3.01. The maximum Gasteiger partial charge on any atom is 0.259 e. The number of hydrogen-bond acceptors (Lipinski definition) is 4. The van der Waals surface area contributed by atoms with E-state index in [1.54, 1.807) is 36.4 Å². The molecule has 2 N–H and O–H groups in total. The van der Waals surface area contributed by atoms with Crippen molar-refractivity contribution in [1.82, 2.24) is 0 Å². The molecule has 0 fully saturated rings. The summed E-state index contributed by atoms with van der Waals surface area (Å²) in [6, 6.07) is 9.98. The third kappa shape index (κ3) is 3.25. The van der Waals surface area contributed by atoms with E-state index in [4.69, 9.17) is 9.47 Å². The second-order valence-corrected chi connectivity index (χ2v) is 4.54. The van der Waals surface area contributed by atoms with Crippen molar-refractivity contribution in [1.29, 1.82) is 0 Å². The van der Waals surface area contributed by atoms with Crippen molar-refractivity contribution >= 4 is 11.6 Å². The highest BCUT2D eigenvalue weighted by Gasteiger charge is 2.15. The number of rotatable bonds is 4. The smallest absolute Gasteiger partial charge is 0.259 e. The summed E-state index contributed by atoms with van der Waals surface area (Å²) in [6.07, 6.45) is 0. The molecule has 0 aromatic heterocycles. The number of hydrogen-bond donors (Lipinski definition) is 2. The number of phenols is 1. The first kappa shape index (κ1) is 14.7. The SMILES string of the molecule is COc1ccc(OC)c(C(=O)Nc2ccc(C)cc2O)c1. The molecule has 2 aromatic rings. The van der Waals surface area contributed by atoms with Gasteiger partial charge in [0, 0.05) is 0 Å². The van der Waals surface area contributed by atoms with E-state index >= 15 is 0 Å². The Hall–Kier alpha value is -2.69. The van der Waals surface area contributed by atoms with Crippen molar-refractivity contribution in [2.75, 3.05) is 19.5 Å². The molecule has 5 nitrogen and oxygen atoms in total. The number of benzene rings is 2. The number of amides is 1. The lowest BCUT2D eigenvalue weighted by molar-refractivity contribution is 0.102. The van der Waals surface area contributed by atoms with Crippen LogP contribution >= 0.6 is 0 Å². The van der Waals surface area contributed by atoms with Gasteiger partial charge in [-0.05, 0) is 42.8 Å². The average molecular weight is 287 g/mol. The number of anilines is 1. The molecule has 110 valence electrons. The fraction of sp³-hybridized carbons (Fsp3) is 0.188. The fourth-order valence-corrected chi connectivity index (χ4v) is 1.93. The maximum absolute atomic E-state index is 12.3. The van der Waals surface area contributed by atoms with E-state index in [9.17, 15) is 9.90 Å². The molecule has 0 atom stereocenters. The van der Waals surface area contributed by atoms with Gasteiger partial charge in [-0.25, -0.2) is 0 Å². The summed E-state index contributed by atoms with van der Waals surface area (Å²) >= 11 is 0. The third-order valence-electron chi connectivity index (χ3n) is 3.05. The van der Waals surface area contributed by atoms with Gasteiger partial charge in [0.05, 0.1) is 25.5 Å². The number of nitrogens with one attached hydrogen (secondary N) is 1. The molecule has 2 rings (SSSR count). The molecule has 0 heterocycles. The zero-order valence-corrected chi connectivity index (χ0v) is 12.1. The Labute approximate surface area is 123 Å². The van der Waals surface area contributed by atoms with Crippen LogP contribution in [-0.2, 0) is 0 Å². The molecule has 0 spiro atoms. The number of aryl methyl sites for hydroxylation is 1. The van der Waals surface area contributed by atoms with Gasteiger partial charge in [-0.15, -0.1) is 0 Å². The molecule has 0 aliphatic rings. The Morgan fingerprint density at radius 2 is 1.86 bits per heavy atom. The van der Waals surface area contributed by atoms with Crippen LogP contribution in [0.1, 0.15) is 15.9 Å². The number of methoxy groups -OCH3 is 2. The normalized spacial score (nSPS) is 10.0. The minimum atomic E-state index is -0.384. The van der Waals surface area contributed by atoms with Crippen molar-refractivity contribution in [2.45, 2.75) is 6.92 Å². The summed E-state index contributed by atoms with van der Waals surface area (Å²) in [5.74, 6) is 0.615. The molecular weight excluding hydrogens is 270 g/mol. The summed E-state index contributed by atoms with van der Waals surface area (Å²) in [5.41, 5.74) is 1.58. The van der Waals surface area contributed by atoms with Gasteiger partial charge in [0.25, 0.3) is 5.91 Å². The lowest BCUT2D eigenvalue weighted by atomic mass is 10.1. The van der Waals surface area contributed by atoms with Gasteiger partial charge in [0.1, 0.15) is 17.2 Å². The standard InChI is InChI=1S/C16H17NO4/c1-10-4-6-13(14(18)8-10)17-16(19)12-9-11(20-2)5-7-15(12)21-3/h4-9,18H,1-3H3,(H,17,19). The van der Waals surface area contributed by atoms with Crippen molar-refractivity contribution < 1.29 is 19.4 Å². The molecule has 1 amide bonds. The van der Waals surface area contributed by atoms with Gasteiger partial charge in [0.2, 0.25) is 0 Å². The van der Waals surface area contributed by atoms with Gasteiger partial charge in [-0.2, -0.15) is 0 Å². The predicted molar refractivity (Wildman–Crippen MR) is 80.3 cm³/mol. The second kappa shape index (κ2) is 6.17. The van der Waals surface area contributed by atoms with E-state index < -0.39 is 0 Å². The number of phenolic OH excluding ortho intramolecular Hbond substituents is 1. The molecule has 0 bridgehead atoms. The van der Waals surface area contributed by atoms with E-state index in [0.29, 0.717) is 22.7 Å². The van der Waals surface area contributed by atoms with Crippen molar-refractivity contribution in [3.8, 4) is 17.2 Å². The zero-order chi connectivity index (χ0) is 15.4. The van der Waals surface area contributed by atoms with E-state index in [0.717, 1.165) is 5.56 Å². The summed E-state index contributed by atoms with van der Waals surface area (Å²) in [6.45, 7) is 1.86. The number of ether oxygens (including phenoxy) is 2. The van der Waals surface area contributed by atoms with Gasteiger partial charge in [0.15, 0.2) is 0 Å². The zero-order valence-electron chi connectivity index (χ0n) is 12.1. The summed E-state index contributed by atoms with van der Waals surface area (Å²) in [5, 5.41) is 12.5. The van der Waals surface area contributed by atoms with Crippen LogP contribution in [0.2, 0.25) is 0 Å². The molecular formula is C16H17NO4. The van der Waals surface area contributed by atoms with Crippen LogP contribution in [0.4, 0.5) is 5.69 Å². The first-order chi connectivity index (χ1) is 10.0. The molecule has 2 aromatic carbocycles. The molecule has 0 aliphatic heterocycles. The van der Waals surface area contributed by atoms with Crippen molar-refractivity contribution in [3.63, 3.8) is 0 Å². The fourth-order valence-electron chi connectivity index (χ4n) is 1.93. The molecule has 0 radical (unpaired) electrons. The Bertz CT molecular complexity index is 667. The van der Waals surface area contributed by atoms with E-state index in [-0.39, 0.29) is 11.7 Å². The quantitative estimate of drug-likeness (QED) is 0.848. The summed E-state index contributed by atoms with van der Waals surface area (Å²) in [4.78, 5) is 12.3. The minimum absolute atomic E-state index is 0.0187. The summed E-state index contributed by atoms with van der Waals surface area (Å²) < 4.78 is 10.3. The van der Waals surface area contributed by atoms with Gasteiger partial charge >= 0.3 is 0 Å². The topological polar surface area (TPSA) is 67.8 Å². The van der Waals surface area contributed by atoms with Crippen LogP contribution in [0.15, 0.2) is 36.4 Å². The lowest BCUT2D eigenvalue weighted by Gasteiger charge is -2.12. The van der Waals surface area contributed by atoms with E-state index in [2.05, 4.69) is 5.32 Å².